The van der Waals surface area contributed by atoms with E-state index in [1.165, 1.54) is 18.4 Å². The van der Waals surface area contributed by atoms with E-state index in [1.807, 2.05) is 6.92 Å². The molecule has 1 aromatic carbocycles. The highest BCUT2D eigenvalue weighted by Crippen LogP contribution is 2.44. The van der Waals surface area contributed by atoms with E-state index in [4.69, 9.17) is 21.1 Å². The number of carbonyl (C=O) groups excluding carboxylic acids is 2. The Bertz CT molecular complexity index is 714. The Hall–Kier alpha value is -1.25. The van der Waals surface area contributed by atoms with Crippen LogP contribution in [0.2, 0.25) is 0 Å². The van der Waals surface area contributed by atoms with Crippen molar-refractivity contribution in [2.75, 3.05) is 19.5 Å². The number of benzene rings is 1. The molecule has 1 aromatic rings. The van der Waals surface area contributed by atoms with Gasteiger partial charge in [0.05, 0.1) is 18.1 Å². The van der Waals surface area contributed by atoms with Gasteiger partial charge in [0, 0.05) is 6.42 Å². The highest BCUT2D eigenvalue weighted by Gasteiger charge is 2.48. The minimum atomic E-state index is -4.05. The Balaban J connectivity index is 3.28. The molecule has 0 saturated heterocycles. The second-order valence-electron chi connectivity index (χ2n) is 5.44. The summed E-state index contributed by atoms with van der Waals surface area (Å²) in [6, 6.07) is 6.20. The molecule has 0 aliphatic rings. The first-order valence-electron chi connectivity index (χ1n) is 8.01. The SMILES string of the molecule is CCOC(=O)C(CC(Cl)(SC)S(=O)(=O)c1ccc(C)cc1)C(=O)OCC. The van der Waals surface area contributed by atoms with E-state index in [9.17, 15) is 18.0 Å². The summed E-state index contributed by atoms with van der Waals surface area (Å²) in [5.41, 5.74) is 0.893. The molecule has 0 spiro atoms. The fourth-order valence-electron chi connectivity index (χ4n) is 2.19. The van der Waals surface area contributed by atoms with Gasteiger partial charge in [-0.25, -0.2) is 8.42 Å². The molecule has 0 fully saturated rings. The maximum atomic E-state index is 13.0. The van der Waals surface area contributed by atoms with Crippen LogP contribution in [0.15, 0.2) is 29.2 Å². The minimum Gasteiger partial charge on any atom is -0.465 e. The number of esters is 2. The molecule has 1 atom stereocenters. The third-order valence-electron chi connectivity index (χ3n) is 3.63. The quantitative estimate of drug-likeness (QED) is 0.343. The first-order valence-corrected chi connectivity index (χ1v) is 11.1. The summed E-state index contributed by atoms with van der Waals surface area (Å²) in [6.45, 7) is 5.11. The lowest BCUT2D eigenvalue weighted by Gasteiger charge is -2.27. The smallest absolute Gasteiger partial charge is 0.320 e. The van der Waals surface area contributed by atoms with Crippen molar-refractivity contribution in [1.29, 1.82) is 0 Å². The zero-order chi connectivity index (χ0) is 20.0. The zero-order valence-electron chi connectivity index (χ0n) is 15.2. The molecule has 0 radical (unpaired) electrons. The van der Waals surface area contributed by atoms with Gasteiger partial charge < -0.3 is 9.47 Å². The molecule has 0 bridgehead atoms. The van der Waals surface area contributed by atoms with Gasteiger partial charge in [-0.1, -0.05) is 29.3 Å². The van der Waals surface area contributed by atoms with Crippen LogP contribution in [0, 0.1) is 12.8 Å². The van der Waals surface area contributed by atoms with Crippen molar-refractivity contribution >= 4 is 45.1 Å². The van der Waals surface area contributed by atoms with Crippen LogP contribution < -0.4 is 0 Å². The molecule has 0 aliphatic carbocycles. The van der Waals surface area contributed by atoms with E-state index in [0.29, 0.717) is 0 Å². The van der Waals surface area contributed by atoms with Crippen molar-refractivity contribution in [2.45, 2.75) is 35.6 Å². The molecule has 0 aliphatic heterocycles. The lowest BCUT2D eigenvalue weighted by molar-refractivity contribution is -0.161. The Morgan fingerprint density at radius 3 is 1.96 bits per heavy atom. The molecule has 0 amide bonds. The summed E-state index contributed by atoms with van der Waals surface area (Å²) in [7, 11) is -4.05. The van der Waals surface area contributed by atoms with Crippen LogP contribution in [0.5, 0.6) is 0 Å². The number of hydrogen-bond donors (Lipinski definition) is 0. The zero-order valence-corrected chi connectivity index (χ0v) is 17.5. The average Bonchev–Trinajstić information content (AvgIpc) is 2.60. The van der Waals surface area contributed by atoms with Gasteiger partial charge in [0.1, 0.15) is 0 Å². The monoisotopic (exact) mass is 422 g/mol. The molecule has 1 unspecified atom stereocenters. The molecule has 0 heterocycles. The first-order chi connectivity index (χ1) is 12.1. The third-order valence-corrected chi connectivity index (χ3v) is 8.65. The van der Waals surface area contributed by atoms with Crippen molar-refractivity contribution < 1.29 is 27.5 Å². The van der Waals surface area contributed by atoms with E-state index in [0.717, 1.165) is 17.3 Å². The van der Waals surface area contributed by atoms with E-state index < -0.39 is 37.7 Å². The minimum absolute atomic E-state index is 0.0129. The topological polar surface area (TPSA) is 86.7 Å². The number of alkyl halides is 1. The maximum absolute atomic E-state index is 13.0. The highest BCUT2D eigenvalue weighted by atomic mass is 35.5. The van der Waals surface area contributed by atoms with Crippen LogP contribution in [0.3, 0.4) is 0 Å². The van der Waals surface area contributed by atoms with Crippen LogP contribution in [0.1, 0.15) is 25.8 Å². The fraction of sp³-hybridized carbons (Fsp3) is 0.529. The van der Waals surface area contributed by atoms with Crippen LogP contribution in [0.4, 0.5) is 0 Å². The number of sulfone groups is 1. The second-order valence-corrected chi connectivity index (χ2v) is 10.1. The Morgan fingerprint density at radius 2 is 1.58 bits per heavy atom. The van der Waals surface area contributed by atoms with Crippen molar-refractivity contribution in [3.8, 4) is 0 Å². The number of carbonyl (C=O) groups is 2. The van der Waals surface area contributed by atoms with Crippen LogP contribution in [-0.4, -0.2) is 43.4 Å². The normalized spacial score (nSPS) is 13.9. The van der Waals surface area contributed by atoms with E-state index in [-0.39, 0.29) is 18.1 Å². The van der Waals surface area contributed by atoms with Crippen molar-refractivity contribution in [3.05, 3.63) is 29.8 Å². The molecule has 0 aromatic heterocycles. The van der Waals surface area contributed by atoms with Crippen molar-refractivity contribution in [1.82, 2.24) is 0 Å². The van der Waals surface area contributed by atoms with Gasteiger partial charge in [-0.3, -0.25) is 9.59 Å². The maximum Gasteiger partial charge on any atom is 0.320 e. The molecule has 146 valence electrons. The molecular formula is C17H23ClO6S2. The van der Waals surface area contributed by atoms with E-state index in [1.54, 1.807) is 26.0 Å². The third kappa shape index (κ3) is 5.14. The second kappa shape index (κ2) is 9.62. The molecular weight excluding hydrogens is 400 g/mol. The lowest BCUT2D eigenvalue weighted by Crippen LogP contribution is -2.38. The van der Waals surface area contributed by atoms with Gasteiger partial charge in [0.25, 0.3) is 0 Å². The van der Waals surface area contributed by atoms with E-state index >= 15 is 0 Å². The number of aryl methyl sites for hydroxylation is 1. The summed E-state index contributed by atoms with van der Waals surface area (Å²) < 4.78 is 33.9. The Kier molecular flexibility index (Phi) is 8.43. The number of thioether (sulfide) groups is 1. The predicted octanol–water partition coefficient (Wildman–Crippen LogP) is 3.16. The van der Waals surface area contributed by atoms with Crippen LogP contribution >= 0.6 is 23.4 Å². The molecule has 0 N–H and O–H groups in total. The van der Waals surface area contributed by atoms with Gasteiger partial charge in [-0.15, -0.1) is 11.8 Å². The van der Waals surface area contributed by atoms with Gasteiger partial charge in [0.15, 0.2) is 9.46 Å². The van der Waals surface area contributed by atoms with Crippen LogP contribution in [0.25, 0.3) is 0 Å². The molecule has 9 heteroatoms. The van der Waals surface area contributed by atoms with Crippen molar-refractivity contribution in [2.24, 2.45) is 5.92 Å². The number of halogens is 1. The van der Waals surface area contributed by atoms with Crippen molar-refractivity contribution in [3.63, 3.8) is 0 Å². The predicted molar refractivity (Wildman–Crippen MR) is 102 cm³/mol. The Labute approximate surface area is 163 Å². The van der Waals surface area contributed by atoms with Gasteiger partial charge in [-0.2, -0.15) is 0 Å². The van der Waals surface area contributed by atoms with Gasteiger partial charge in [0.2, 0.25) is 9.84 Å². The summed E-state index contributed by atoms with van der Waals surface area (Å²) in [4.78, 5) is 24.4. The average molecular weight is 423 g/mol. The molecule has 1 rings (SSSR count). The standard InChI is InChI=1S/C17H23ClO6S2/c1-5-23-15(19)14(16(20)24-6-2)11-17(18,25-4)26(21,22)13-9-7-12(3)8-10-13/h7-10,14H,5-6,11H2,1-4H3. The van der Waals surface area contributed by atoms with E-state index in [2.05, 4.69) is 0 Å². The fourth-order valence-corrected chi connectivity index (χ4v) is 5.34. The molecule has 0 saturated carbocycles. The highest BCUT2D eigenvalue weighted by molar-refractivity contribution is 8.16. The largest absolute Gasteiger partial charge is 0.465 e. The summed E-state index contributed by atoms with van der Waals surface area (Å²) in [5.74, 6) is -3.15. The van der Waals surface area contributed by atoms with Gasteiger partial charge in [-0.05, 0) is 39.2 Å². The van der Waals surface area contributed by atoms with Crippen LogP contribution in [-0.2, 0) is 28.9 Å². The molecule has 26 heavy (non-hydrogen) atoms. The summed E-state index contributed by atoms with van der Waals surface area (Å²) in [6.07, 6.45) is 1.04. The number of hydrogen-bond acceptors (Lipinski definition) is 7. The molecule has 6 nitrogen and oxygen atoms in total. The number of rotatable bonds is 9. The summed E-state index contributed by atoms with van der Waals surface area (Å²) >= 11 is 7.27. The van der Waals surface area contributed by atoms with Gasteiger partial charge >= 0.3 is 11.9 Å². The lowest BCUT2D eigenvalue weighted by atomic mass is 10.1. The Morgan fingerprint density at radius 1 is 1.12 bits per heavy atom. The number of ether oxygens (including phenoxy) is 2. The first kappa shape index (κ1) is 22.8. The summed E-state index contributed by atoms with van der Waals surface area (Å²) in [5, 5.41) is 0.